The molecular weight excluding hydrogens is 230 g/mol. The van der Waals surface area contributed by atoms with Gasteiger partial charge >= 0.3 is 6.09 Å². The van der Waals surface area contributed by atoms with Gasteiger partial charge in [-0.15, -0.1) is 0 Å². The summed E-state index contributed by atoms with van der Waals surface area (Å²) in [6.07, 6.45) is -1.12. The lowest BCUT2D eigenvalue weighted by Gasteiger charge is -2.29. The van der Waals surface area contributed by atoms with Crippen molar-refractivity contribution >= 4 is 6.09 Å². The number of ether oxygens (including phenoxy) is 1. The molecule has 6 heteroatoms. The molecule has 0 radical (unpaired) electrons. The van der Waals surface area contributed by atoms with Crippen LogP contribution in [0.3, 0.4) is 0 Å². The maximum Gasteiger partial charge on any atom is 0.410 e. The topological polar surface area (TPSA) is 55.6 Å². The van der Waals surface area contributed by atoms with Crippen molar-refractivity contribution in [2.45, 2.75) is 57.7 Å². The van der Waals surface area contributed by atoms with Gasteiger partial charge in [0.1, 0.15) is 5.60 Å². The molecule has 0 aromatic rings. The average molecular weight is 250 g/mol. The molecule has 2 atom stereocenters. The van der Waals surface area contributed by atoms with Crippen LogP contribution in [0.25, 0.3) is 0 Å². The van der Waals surface area contributed by atoms with Crippen LogP contribution in [0.4, 0.5) is 13.6 Å². The van der Waals surface area contributed by atoms with Gasteiger partial charge in [-0.3, -0.25) is 4.90 Å². The van der Waals surface area contributed by atoms with Crippen LogP contribution >= 0.6 is 0 Å². The highest BCUT2D eigenvalue weighted by Crippen LogP contribution is 2.34. The number of amides is 1. The van der Waals surface area contributed by atoms with E-state index >= 15 is 0 Å². The van der Waals surface area contributed by atoms with Crippen molar-refractivity contribution in [3.8, 4) is 0 Å². The van der Waals surface area contributed by atoms with Gasteiger partial charge in [0.2, 0.25) is 0 Å². The van der Waals surface area contributed by atoms with Gasteiger partial charge in [-0.05, 0) is 27.7 Å². The van der Waals surface area contributed by atoms with E-state index in [0.717, 1.165) is 4.90 Å². The summed E-state index contributed by atoms with van der Waals surface area (Å²) < 4.78 is 31.7. The molecule has 1 aliphatic heterocycles. The molecule has 100 valence electrons. The Morgan fingerprint density at radius 1 is 1.53 bits per heavy atom. The van der Waals surface area contributed by atoms with Crippen molar-refractivity contribution < 1.29 is 18.3 Å². The SMILES string of the molecule is CC(N)C1CC(F)(F)CN1C(=O)OC(C)(C)C. The lowest BCUT2D eigenvalue weighted by Crippen LogP contribution is -2.47. The third-order valence-corrected chi connectivity index (χ3v) is 2.54. The van der Waals surface area contributed by atoms with Crippen molar-refractivity contribution in [3.63, 3.8) is 0 Å². The normalized spacial score (nSPS) is 25.8. The number of hydrogen-bond donors (Lipinski definition) is 1. The molecule has 4 nitrogen and oxygen atoms in total. The molecule has 17 heavy (non-hydrogen) atoms. The van der Waals surface area contributed by atoms with Crippen LogP contribution in [0.2, 0.25) is 0 Å². The molecule has 0 aromatic carbocycles. The number of likely N-dealkylation sites (tertiary alicyclic amines) is 1. The van der Waals surface area contributed by atoms with E-state index in [-0.39, 0.29) is 0 Å². The Morgan fingerprint density at radius 2 is 2.06 bits per heavy atom. The number of nitrogens with two attached hydrogens (primary N) is 1. The zero-order valence-electron chi connectivity index (χ0n) is 10.7. The second-order valence-electron chi connectivity index (χ2n) is 5.59. The van der Waals surface area contributed by atoms with E-state index in [1.54, 1.807) is 27.7 Å². The molecular formula is C11H20F2N2O2. The van der Waals surface area contributed by atoms with E-state index in [9.17, 15) is 13.6 Å². The lowest BCUT2D eigenvalue weighted by molar-refractivity contribution is -0.00254. The number of rotatable bonds is 1. The monoisotopic (exact) mass is 250 g/mol. The second-order valence-corrected chi connectivity index (χ2v) is 5.59. The highest BCUT2D eigenvalue weighted by molar-refractivity contribution is 5.69. The molecule has 0 bridgehead atoms. The summed E-state index contributed by atoms with van der Waals surface area (Å²) >= 11 is 0. The molecule has 2 N–H and O–H groups in total. The van der Waals surface area contributed by atoms with Gasteiger partial charge in [0.15, 0.2) is 0 Å². The van der Waals surface area contributed by atoms with Crippen LogP contribution in [0.5, 0.6) is 0 Å². The molecule has 1 aliphatic rings. The van der Waals surface area contributed by atoms with Crippen LogP contribution in [-0.4, -0.2) is 41.1 Å². The van der Waals surface area contributed by atoms with E-state index in [1.807, 2.05) is 0 Å². The largest absolute Gasteiger partial charge is 0.444 e. The summed E-state index contributed by atoms with van der Waals surface area (Å²) in [6, 6.07) is -1.17. The van der Waals surface area contributed by atoms with Crippen molar-refractivity contribution in [2.75, 3.05) is 6.54 Å². The van der Waals surface area contributed by atoms with Gasteiger partial charge in [0.05, 0.1) is 12.6 Å². The van der Waals surface area contributed by atoms with Gasteiger partial charge in [0.25, 0.3) is 5.92 Å². The predicted octanol–water partition coefficient (Wildman–Crippen LogP) is 1.98. The fourth-order valence-corrected chi connectivity index (χ4v) is 1.84. The number of nitrogens with zero attached hydrogens (tertiary/aromatic N) is 1. The summed E-state index contributed by atoms with van der Waals surface area (Å²) in [6.45, 7) is 6.08. The molecule has 1 heterocycles. The van der Waals surface area contributed by atoms with Crippen molar-refractivity contribution in [2.24, 2.45) is 5.73 Å². The van der Waals surface area contributed by atoms with Gasteiger partial charge in [-0.25, -0.2) is 13.6 Å². The Bertz CT molecular complexity index is 300. The minimum absolute atomic E-state index is 0.399. The maximum absolute atomic E-state index is 13.3. The van der Waals surface area contributed by atoms with Gasteiger partial charge in [-0.2, -0.15) is 0 Å². The third-order valence-electron chi connectivity index (χ3n) is 2.54. The van der Waals surface area contributed by atoms with Crippen molar-refractivity contribution in [3.05, 3.63) is 0 Å². The molecule has 1 rings (SSSR count). The molecule has 0 saturated carbocycles. The first kappa shape index (κ1) is 14.2. The fraction of sp³-hybridized carbons (Fsp3) is 0.909. The van der Waals surface area contributed by atoms with Gasteiger partial charge in [0, 0.05) is 12.5 Å². The first-order chi connectivity index (χ1) is 7.52. The number of alkyl halides is 2. The van der Waals surface area contributed by atoms with Crippen LogP contribution in [0.1, 0.15) is 34.1 Å². The second kappa shape index (κ2) is 4.40. The van der Waals surface area contributed by atoms with E-state index in [2.05, 4.69) is 0 Å². The third kappa shape index (κ3) is 3.80. The number of carbonyl (C=O) groups excluding carboxylic acids is 1. The lowest BCUT2D eigenvalue weighted by atomic mass is 10.1. The number of halogens is 2. The van der Waals surface area contributed by atoms with Crippen LogP contribution in [0.15, 0.2) is 0 Å². The van der Waals surface area contributed by atoms with E-state index in [4.69, 9.17) is 10.5 Å². The van der Waals surface area contributed by atoms with Crippen LogP contribution < -0.4 is 5.73 Å². The Kier molecular flexibility index (Phi) is 3.66. The molecule has 1 fully saturated rings. The van der Waals surface area contributed by atoms with E-state index in [1.165, 1.54) is 0 Å². The smallest absolute Gasteiger partial charge is 0.410 e. The van der Waals surface area contributed by atoms with Gasteiger partial charge in [-0.1, -0.05) is 0 Å². The summed E-state index contributed by atoms with van der Waals surface area (Å²) in [7, 11) is 0. The molecule has 0 aliphatic carbocycles. The fourth-order valence-electron chi connectivity index (χ4n) is 1.84. The Hall–Kier alpha value is -0.910. The van der Waals surface area contributed by atoms with Crippen LogP contribution in [-0.2, 0) is 4.74 Å². The Labute approximate surface area is 100 Å². The molecule has 1 saturated heterocycles. The summed E-state index contributed by atoms with van der Waals surface area (Å²) in [5.41, 5.74) is 4.93. The zero-order valence-corrected chi connectivity index (χ0v) is 10.7. The minimum atomic E-state index is -2.88. The quantitative estimate of drug-likeness (QED) is 0.774. The minimum Gasteiger partial charge on any atom is -0.444 e. The maximum atomic E-state index is 13.3. The predicted molar refractivity (Wildman–Crippen MR) is 59.9 cm³/mol. The standard InChI is InChI=1S/C11H20F2N2O2/c1-7(14)8-5-11(12,13)6-15(8)9(16)17-10(2,3)4/h7-8H,5-6,14H2,1-4H3. The zero-order chi connectivity index (χ0) is 13.4. The van der Waals surface area contributed by atoms with Crippen LogP contribution in [0, 0.1) is 0 Å². The molecule has 0 spiro atoms. The van der Waals surface area contributed by atoms with Gasteiger partial charge < -0.3 is 10.5 Å². The highest BCUT2D eigenvalue weighted by atomic mass is 19.3. The summed E-state index contributed by atoms with van der Waals surface area (Å²) in [5, 5.41) is 0. The average Bonchev–Trinajstić information content (AvgIpc) is 2.38. The number of hydrogen-bond acceptors (Lipinski definition) is 3. The molecule has 2 unspecified atom stereocenters. The Morgan fingerprint density at radius 3 is 2.47 bits per heavy atom. The van der Waals surface area contributed by atoms with E-state index < -0.39 is 42.7 Å². The number of carbonyl (C=O) groups is 1. The summed E-state index contributed by atoms with van der Waals surface area (Å²) in [5.74, 6) is -2.88. The van der Waals surface area contributed by atoms with Crippen molar-refractivity contribution in [1.29, 1.82) is 0 Å². The molecule has 1 amide bonds. The molecule has 0 aromatic heterocycles. The first-order valence-electron chi connectivity index (χ1n) is 5.65. The summed E-state index contributed by atoms with van der Waals surface area (Å²) in [4.78, 5) is 12.8. The van der Waals surface area contributed by atoms with Crippen molar-refractivity contribution in [1.82, 2.24) is 4.90 Å². The Balaban J connectivity index is 2.77. The first-order valence-corrected chi connectivity index (χ1v) is 5.65. The van der Waals surface area contributed by atoms with E-state index in [0.29, 0.717) is 0 Å². The highest BCUT2D eigenvalue weighted by Gasteiger charge is 2.49.